The number of aromatic nitrogens is 2. The molecule has 0 unspecified atom stereocenters. The Bertz CT molecular complexity index is 812. The predicted octanol–water partition coefficient (Wildman–Crippen LogP) is 3.54. The van der Waals surface area contributed by atoms with Gasteiger partial charge >= 0.3 is 0 Å². The fourth-order valence-corrected chi connectivity index (χ4v) is 3.61. The van der Waals surface area contributed by atoms with Crippen LogP contribution in [0.2, 0.25) is 5.02 Å². The van der Waals surface area contributed by atoms with Crippen molar-refractivity contribution in [1.29, 1.82) is 0 Å². The van der Waals surface area contributed by atoms with Gasteiger partial charge < -0.3 is 4.90 Å². The molecule has 0 bridgehead atoms. The first-order valence-corrected chi connectivity index (χ1v) is 9.78. The van der Waals surface area contributed by atoms with E-state index in [2.05, 4.69) is 16.6 Å². The normalized spacial score (nSPS) is 15.6. The van der Waals surface area contributed by atoms with Gasteiger partial charge in [0, 0.05) is 38.3 Å². The largest absolute Gasteiger partial charge is 0.337 e. The zero-order valence-corrected chi connectivity index (χ0v) is 16.9. The lowest BCUT2D eigenvalue weighted by Crippen LogP contribution is -2.35. The monoisotopic (exact) mass is 386 g/mol. The highest BCUT2D eigenvalue weighted by atomic mass is 35.5. The lowest BCUT2D eigenvalue weighted by atomic mass is 10.1. The van der Waals surface area contributed by atoms with E-state index in [0.717, 1.165) is 61.7 Å². The van der Waals surface area contributed by atoms with Crippen LogP contribution in [0.4, 0.5) is 0 Å². The molecule has 1 aliphatic rings. The van der Waals surface area contributed by atoms with Crippen molar-refractivity contribution >= 4 is 17.5 Å². The van der Waals surface area contributed by atoms with Gasteiger partial charge in [0.25, 0.3) is 5.91 Å². The average molecular weight is 387 g/mol. The molecule has 1 aromatic carbocycles. The summed E-state index contributed by atoms with van der Waals surface area (Å²) in [5, 5.41) is 5.18. The summed E-state index contributed by atoms with van der Waals surface area (Å²) >= 11 is 6.22. The molecule has 0 radical (unpaired) electrons. The summed E-state index contributed by atoms with van der Waals surface area (Å²) in [6.45, 7) is 12.7. The molecule has 0 atom stereocenters. The second-order valence-corrected chi connectivity index (χ2v) is 7.45. The number of hydrogen-bond donors (Lipinski definition) is 0. The van der Waals surface area contributed by atoms with Crippen LogP contribution in [0.5, 0.6) is 0 Å². The number of hydrogen-bond acceptors (Lipinski definition) is 3. The molecule has 5 nitrogen and oxygen atoms in total. The van der Waals surface area contributed by atoms with Crippen LogP contribution < -0.4 is 0 Å². The predicted molar refractivity (Wildman–Crippen MR) is 109 cm³/mol. The van der Waals surface area contributed by atoms with E-state index in [0.29, 0.717) is 11.6 Å². The minimum Gasteiger partial charge on any atom is -0.337 e. The number of halogens is 1. The summed E-state index contributed by atoms with van der Waals surface area (Å²) < 4.78 is 1.90. The van der Waals surface area contributed by atoms with Crippen molar-refractivity contribution in [3.8, 4) is 0 Å². The minimum atomic E-state index is 0.108. The van der Waals surface area contributed by atoms with Crippen LogP contribution in [0, 0.1) is 13.8 Å². The Balaban J connectivity index is 1.65. The molecule has 1 aromatic heterocycles. The van der Waals surface area contributed by atoms with Crippen molar-refractivity contribution in [3.63, 3.8) is 0 Å². The molecular formula is C21H27ClN4O. The third-order valence-electron chi connectivity index (χ3n) is 5.09. The van der Waals surface area contributed by atoms with Gasteiger partial charge in [-0.25, -0.2) is 0 Å². The first-order chi connectivity index (χ1) is 13.0. The first kappa shape index (κ1) is 19.6. The second kappa shape index (κ2) is 8.72. The Morgan fingerprint density at radius 3 is 2.56 bits per heavy atom. The number of rotatable bonds is 5. The highest BCUT2D eigenvalue weighted by Crippen LogP contribution is 2.20. The second-order valence-electron chi connectivity index (χ2n) is 7.07. The fourth-order valence-electron chi connectivity index (χ4n) is 3.48. The smallest absolute Gasteiger partial charge is 0.253 e. The molecule has 2 aromatic rings. The molecule has 1 fully saturated rings. The van der Waals surface area contributed by atoms with E-state index < -0.39 is 0 Å². The van der Waals surface area contributed by atoms with Crippen molar-refractivity contribution in [2.45, 2.75) is 26.8 Å². The number of amides is 1. The summed E-state index contributed by atoms with van der Waals surface area (Å²) in [5.74, 6) is 0.108. The molecule has 0 spiro atoms. The lowest BCUT2D eigenvalue weighted by Gasteiger charge is -2.21. The summed E-state index contributed by atoms with van der Waals surface area (Å²) in [7, 11) is 0. The van der Waals surface area contributed by atoms with Gasteiger partial charge in [0.1, 0.15) is 0 Å². The number of benzene rings is 1. The summed E-state index contributed by atoms with van der Waals surface area (Å²) in [6.07, 6.45) is 2.92. The molecule has 3 rings (SSSR count). The maximum absolute atomic E-state index is 12.8. The van der Waals surface area contributed by atoms with E-state index >= 15 is 0 Å². The summed E-state index contributed by atoms with van der Waals surface area (Å²) in [4.78, 5) is 17.1. The van der Waals surface area contributed by atoms with E-state index in [4.69, 9.17) is 11.6 Å². The quantitative estimate of drug-likeness (QED) is 0.738. The lowest BCUT2D eigenvalue weighted by molar-refractivity contribution is 0.0762. The van der Waals surface area contributed by atoms with Crippen LogP contribution in [0.25, 0.3) is 0 Å². The number of carbonyl (C=O) groups excluding carboxylic acids is 1. The number of aryl methyl sites for hydroxylation is 1. The molecular weight excluding hydrogens is 360 g/mol. The number of nitrogens with zero attached hydrogens (tertiary/aromatic N) is 4. The van der Waals surface area contributed by atoms with Gasteiger partial charge in [-0.05, 0) is 38.0 Å². The summed E-state index contributed by atoms with van der Waals surface area (Å²) in [5.41, 5.74) is 3.64. The Morgan fingerprint density at radius 2 is 1.93 bits per heavy atom. The Hall–Kier alpha value is -2.11. The topological polar surface area (TPSA) is 41.4 Å². The summed E-state index contributed by atoms with van der Waals surface area (Å²) in [6, 6.07) is 7.83. The molecule has 1 amide bonds. The highest BCUT2D eigenvalue weighted by Gasteiger charge is 2.20. The van der Waals surface area contributed by atoms with Crippen LogP contribution in [-0.4, -0.2) is 58.2 Å². The third-order valence-corrected chi connectivity index (χ3v) is 5.64. The van der Waals surface area contributed by atoms with Crippen molar-refractivity contribution in [2.75, 3.05) is 32.7 Å². The zero-order chi connectivity index (χ0) is 19.4. The van der Waals surface area contributed by atoms with Gasteiger partial charge in [0.15, 0.2) is 0 Å². The van der Waals surface area contributed by atoms with Gasteiger partial charge in [0.2, 0.25) is 0 Å². The molecule has 27 heavy (non-hydrogen) atoms. The molecule has 6 heteroatoms. The van der Waals surface area contributed by atoms with E-state index in [-0.39, 0.29) is 5.91 Å². The van der Waals surface area contributed by atoms with Gasteiger partial charge in [0.05, 0.1) is 23.0 Å². The Labute approximate surface area is 166 Å². The third kappa shape index (κ3) is 4.60. The fraction of sp³-hybridized carbons (Fsp3) is 0.429. The number of carbonyl (C=O) groups is 1. The Morgan fingerprint density at radius 1 is 1.19 bits per heavy atom. The van der Waals surface area contributed by atoms with E-state index in [1.807, 2.05) is 53.8 Å². The van der Waals surface area contributed by atoms with E-state index in [1.165, 1.54) is 0 Å². The molecule has 0 saturated carbocycles. The maximum atomic E-state index is 12.8. The minimum absolute atomic E-state index is 0.108. The standard InChI is InChI=1S/C21H27ClN4O/c1-4-10-24-11-5-12-25(14-13-24)21(27)19-8-6-18(7-9-19)15-26-17(3)20(22)16(2)23-26/h4,6-9H,1,5,10-15H2,2-3H3. The van der Waals surface area contributed by atoms with Crippen LogP contribution in [-0.2, 0) is 6.54 Å². The molecule has 1 aliphatic heterocycles. The maximum Gasteiger partial charge on any atom is 0.253 e. The highest BCUT2D eigenvalue weighted by molar-refractivity contribution is 6.31. The van der Waals surface area contributed by atoms with Crippen LogP contribution >= 0.6 is 11.6 Å². The first-order valence-electron chi connectivity index (χ1n) is 9.40. The van der Waals surface area contributed by atoms with Crippen molar-refractivity contribution in [3.05, 3.63) is 64.5 Å². The van der Waals surface area contributed by atoms with Gasteiger partial charge in [-0.2, -0.15) is 5.10 Å². The van der Waals surface area contributed by atoms with Crippen LogP contribution in [0.3, 0.4) is 0 Å². The van der Waals surface area contributed by atoms with Crippen molar-refractivity contribution < 1.29 is 4.79 Å². The van der Waals surface area contributed by atoms with Crippen LogP contribution in [0.15, 0.2) is 36.9 Å². The van der Waals surface area contributed by atoms with Crippen LogP contribution in [0.1, 0.15) is 33.7 Å². The molecule has 2 heterocycles. The molecule has 144 valence electrons. The van der Waals surface area contributed by atoms with Crippen molar-refractivity contribution in [2.24, 2.45) is 0 Å². The van der Waals surface area contributed by atoms with Gasteiger partial charge in [-0.15, -0.1) is 6.58 Å². The Kier molecular flexibility index (Phi) is 6.34. The van der Waals surface area contributed by atoms with E-state index in [9.17, 15) is 4.79 Å². The molecule has 0 aliphatic carbocycles. The van der Waals surface area contributed by atoms with Gasteiger partial charge in [-0.1, -0.05) is 29.8 Å². The van der Waals surface area contributed by atoms with Gasteiger partial charge in [-0.3, -0.25) is 14.4 Å². The van der Waals surface area contributed by atoms with Crippen molar-refractivity contribution in [1.82, 2.24) is 19.6 Å². The van der Waals surface area contributed by atoms with E-state index in [1.54, 1.807) is 0 Å². The average Bonchev–Trinajstić information content (AvgIpc) is 2.85. The SMILES string of the molecule is C=CCN1CCCN(C(=O)c2ccc(Cn3nc(C)c(Cl)c3C)cc2)CC1. The zero-order valence-electron chi connectivity index (χ0n) is 16.1. The molecule has 0 N–H and O–H groups in total. The molecule has 1 saturated heterocycles.